The van der Waals surface area contributed by atoms with E-state index in [0.717, 1.165) is 17.3 Å². The van der Waals surface area contributed by atoms with E-state index in [1.54, 1.807) is 11.4 Å². The van der Waals surface area contributed by atoms with Crippen LogP contribution in [0.5, 0.6) is 11.5 Å². The molecule has 0 unspecified atom stereocenters. The molecule has 0 saturated heterocycles. The fourth-order valence-corrected chi connectivity index (χ4v) is 3.54. The van der Waals surface area contributed by atoms with E-state index in [1.807, 2.05) is 24.3 Å². The highest BCUT2D eigenvalue weighted by Crippen LogP contribution is 2.59. The van der Waals surface area contributed by atoms with Crippen molar-refractivity contribution < 1.29 is 9.05 Å². The van der Waals surface area contributed by atoms with Gasteiger partial charge in [-0.25, -0.2) is 0 Å². The fourth-order valence-electron chi connectivity index (χ4n) is 0.960. The molecule has 1 aromatic carbocycles. The van der Waals surface area contributed by atoms with Gasteiger partial charge in [0, 0.05) is 12.3 Å². The number of rotatable bonds is 3. The van der Waals surface area contributed by atoms with Crippen LogP contribution in [0.4, 0.5) is 0 Å². The maximum Gasteiger partial charge on any atom is 0.360 e. The van der Waals surface area contributed by atoms with Crippen LogP contribution in [0, 0.1) is 0 Å². The monoisotopic (exact) mass is 215 g/mol. The van der Waals surface area contributed by atoms with Gasteiger partial charge in [0.25, 0.3) is 0 Å². The van der Waals surface area contributed by atoms with Gasteiger partial charge in [-0.1, -0.05) is 12.1 Å². The topological polar surface area (TPSA) is 44.5 Å². The van der Waals surface area contributed by atoms with Gasteiger partial charge in [0.15, 0.2) is 11.5 Å². The summed E-state index contributed by atoms with van der Waals surface area (Å²) in [5.74, 6) is 2.57. The normalized spacial score (nSPS) is 14.8. The Bertz CT molecular complexity index is 272. The van der Waals surface area contributed by atoms with E-state index in [4.69, 9.17) is 14.8 Å². The summed E-state index contributed by atoms with van der Waals surface area (Å²) >= 11 is 1.64. The van der Waals surface area contributed by atoms with Crippen LogP contribution in [0.2, 0.25) is 0 Å². The van der Waals surface area contributed by atoms with Crippen LogP contribution < -0.4 is 14.8 Å². The zero-order valence-electron chi connectivity index (χ0n) is 6.97. The molecule has 13 heavy (non-hydrogen) atoms. The molecule has 0 atom stereocenters. The van der Waals surface area contributed by atoms with Crippen LogP contribution in [0.15, 0.2) is 24.3 Å². The molecule has 1 heterocycles. The SMILES string of the molecule is NCCSP1Oc2ccccc2O1. The van der Waals surface area contributed by atoms with Gasteiger partial charge in [-0.15, -0.1) is 0 Å². The number of hydrogen-bond acceptors (Lipinski definition) is 4. The molecule has 0 saturated carbocycles. The molecule has 1 aliphatic rings. The molecule has 0 spiro atoms. The highest BCUT2D eigenvalue weighted by atomic mass is 32.7. The first-order valence-electron chi connectivity index (χ1n) is 3.98. The van der Waals surface area contributed by atoms with Crippen molar-refractivity contribution in [1.29, 1.82) is 0 Å². The van der Waals surface area contributed by atoms with Crippen molar-refractivity contribution in [2.45, 2.75) is 0 Å². The largest absolute Gasteiger partial charge is 0.427 e. The van der Waals surface area contributed by atoms with Gasteiger partial charge in [-0.05, 0) is 23.5 Å². The van der Waals surface area contributed by atoms with Crippen molar-refractivity contribution >= 4 is 19.0 Å². The quantitative estimate of drug-likeness (QED) is 0.786. The van der Waals surface area contributed by atoms with Crippen molar-refractivity contribution in [1.82, 2.24) is 0 Å². The Labute approximate surface area is 82.3 Å². The van der Waals surface area contributed by atoms with E-state index < -0.39 is 7.58 Å². The van der Waals surface area contributed by atoms with Crippen molar-refractivity contribution in [3.63, 3.8) is 0 Å². The number of para-hydroxylation sites is 2. The Hall–Kier alpha value is -0.440. The molecule has 2 rings (SSSR count). The molecule has 3 nitrogen and oxygen atoms in total. The van der Waals surface area contributed by atoms with Gasteiger partial charge in [0.2, 0.25) is 0 Å². The van der Waals surface area contributed by atoms with Crippen LogP contribution in [0.25, 0.3) is 0 Å². The van der Waals surface area contributed by atoms with Gasteiger partial charge in [-0.3, -0.25) is 0 Å². The van der Waals surface area contributed by atoms with Gasteiger partial charge in [-0.2, -0.15) is 0 Å². The summed E-state index contributed by atoms with van der Waals surface area (Å²) in [4.78, 5) is 0. The summed E-state index contributed by atoms with van der Waals surface area (Å²) < 4.78 is 11.1. The summed E-state index contributed by atoms with van der Waals surface area (Å²) in [7, 11) is -0.841. The van der Waals surface area contributed by atoms with Crippen molar-refractivity contribution in [3.05, 3.63) is 24.3 Å². The molecule has 1 aromatic rings. The second kappa shape index (κ2) is 4.18. The number of nitrogens with two attached hydrogens (primary N) is 1. The minimum atomic E-state index is -0.841. The summed E-state index contributed by atoms with van der Waals surface area (Å²) in [6, 6.07) is 7.71. The number of fused-ring (bicyclic) bond motifs is 1. The Morgan fingerprint density at radius 2 is 1.85 bits per heavy atom. The molecule has 1 aliphatic heterocycles. The van der Waals surface area contributed by atoms with Gasteiger partial charge < -0.3 is 14.8 Å². The zero-order valence-corrected chi connectivity index (χ0v) is 8.68. The summed E-state index contributed by atoms with van der Waals surface area (Å²) in [6.45, 7) is 0.659. The fraction of sp³-hybridized carbons (Fsp3) is 0.250. The molecule has 5 heteroatoms. The van der Waals surface area contributed by atoms with E-state index in [9.17, 15) is 0 Å². The second-order valence-electron chi connectivity index (χ2n) is 2.47. The molecule has 70 valence electrons. The minimum Gasteiger partial charge on any atom is -0.427 e. The maximum atomic E-state index is 5.56. The Morgan fingerprint density at radius 3 is 2.38 bits per heavy atom. The first kappa shape index (κ1) is 9.13. The molecule has 0 bridgehead atoms. The van der Waals surface area contributed by atoms with Crippen LogP contribution >= 0.6 is 19.0 Å². The average molecular weight is 215 g/mol. The third-order valence-corrected chi connectivity index (χ3v) is 4.46. The average Bonchev–Trinajstić information content (AvgIpc) is 2.57. The van der Waals surface area contributed by atoms with E-state index in [2.05, 4.69) is 0 Å². The summed E-state index contributed by atoms with van der Waals surface area (Å²) in [5, 5.41) is 0. The lowest BCUT2D eigenvalue weighted by molar-refractivity contribution is 0.596. The standard InChI is InChI=1S/C8H10NO2PS/c9-5-6-13-12-10-7-3-1-2-4-8(7)11-12/h1-4H,5-6,9H2. The second-order valence-corrected chi connectivity index (χ2v) is 5.62. The van der Waals surface area contributed by atoms with Crippen LogP contribution in [-0.4, -0.2) is 12.3 Å². The van der Waals surface area contributed by atoms with Gasteiger partial charge in [0.05, 0.1) is 0 Å². The van der Waals surface area contributed by atoms with Crippen LogP contribution in [0.1, 0.15) is 0 Å². The minimum absolute atomic E-state index is 0.659. The number of benzene rings is 1. The van der Waals surface area contributed by atoms with Crippen LogP contribution in [0.3, 0.4) is 0 Å². The predicted octanol–water partition coefficient (Wildman–Crippen LogP) is 2.38. The first-order chi connectivity index (χ1) is 6.40. The molecule has 0 amide bonds. The predicted molar refractivity (Wildman–Crippen MR) is 56.1 cm³/mol. The molecule has 0 aromatic heterocycles. The molecule has 0 radical (unpaired) electrons. The van der Waals surface area contributed by atoms with Gasteiger partial charge >= 0.3 is 7.58 Å². The van der Waals surface area contributed by atoms with Crippen LogP contribution in [-0.2, 0) is 0 Å². The lowest BCUT2D eigenvalue weighted by Crippen LogP contribution is -2.01. The van der Waals surface area contributed by atoms with E-state index in [1.165, 1.54) is 0 Å². The third kappa shape index (κ3) is 2.08. The molecule has 0 aliphatic carbocycles. The highest BCUT2D eigenvalue weighted by Gasteiger charge is 2.25. The van der Waals surface area contributed by atoms with Crippen molar-refractivity contribution in [2.24, 2.45) is 5.73 Å². The van der Waals surface area contributed by atoms with Crippen molar-refractivity contribution in [3.8, 4) is 11.5 Å². The Kier molecular flexibility index (Phi) is 2.94. The first-order valence-corrected chi connectivity index (χ1v) is 6.75. The Morgan fingerprint density at radius 1 is 1.23 bits per heavy atom. The molecular weight excluding hydrogens is 205 g/mol. The van der Waals surface area contributed by atoms with E-state index >= 15 is 0 Å². The smallest absolute Gasteiger partial charge is 0.360 e. The molecular formula is C8H10NO2PS. The lowest BCUT2D eigenvalue weighted by atomic mass is 10.3. The zero-order chi connectivity index (χ0) is 9.10. The Balaban J connectivity index is 1.97. The summed E-state index contributed by atoms with van der Waals surface area (Å²) in [6.07, 6.45) is 0. The van der Waals surface area contributed by atoms with Gasteiger partial charge in [0.1, 0.15) is 0 Å². The van der Waals surface area contributed by atoms with E-state index in [0.29, 0.717) is 6.54 Å². The number of hydrogen-bond donors (Lipinski definition) is 1. The third-order valence-electron chi connectivity index (χ3n) is 1.51. The molecule has 2 N–H and O–H groups in total. The maximum absolute atomic E-state index is 5.56. The summed E-state index contributed by atoms with van der Waals surface area (Å²) in [5.41, 5.74) is 5.39. The van der Waals surface area contributed by atoms with E-state index in [-0.39, 0.29) is 0 Å². The highest BCUT2D eigenvalue weighted by molar-refractivity contribution is 8.53. The van der Waals surface area contributed by atoms with Crippen molar-refractivity contribution in [2.75, 3.05) is 12.3 Å². The lowest BCUT2D eigenvalue weighted by Gasteiger charge is -2.04. The molecule has 0 fully saturated rings.